The molecule has 0 N–H and O–H groups in total. The molecule has 122 valence electrons. The molecule has 1 heteroatoms. The van der Waals surface area contributed by atoms with E-state index >= 15 is 0 Å². The minimum absolute atomic E-state index is 1.13. The molecular formula is C22H27Br. The molecule has 0 aromatic heterocycles. The zero-order valence-corrected chi connectivity index (χ0v) is 15.5. The summed E-state index contributed by atoms with van der Waals surface area (Å²) in [5.74, 6) is 0. The number of benzene rings is 2. The van der Waals surface area contributed by atoms with E-state index in [-0.39, 0.29) is 0 Å². The van der Waals surface area contributed by atoms with Crippen molar-refractivity contribution in [3.05, 3.63) is 71.2 Å². The highest BCUT2D eigenvalue weighted by Gasteiger charge is 1.99. The molecule has 0 aliphatic carbocycles. The molecule has 0 amide bonds. The van der Waals surface area contributed by atoms with E-state index in [9.17, 15) is 0 Å². The molecule has 2 rings (SSSR count). The van der Waals surface area contributed by atoms with Gasteiger partial charge in [0.05, 0.1) is 0 Å². The predicted molar refractivity (Wildman–Crippen MR) is 106 cm³/mol. The quantitative estimate of drug-likeness (QED) is 0.298. The third-order valence-electron chi connectivity index (χ3n) is 4.26. The number of halogens is 1. The van der Waals surface area contributed by atoms with Gasteiger partial charge in [0.25, 0.3) is 0 Å². The fourth-order valence-corrected chi connectivity index (χ4v) is 3.10. The molecule has 2 aromatic rings. The molecule has 0 bridgehead atoms. The van der Waals surface area contributed by atoms with Gasteiger partial charge in [-0.2, -0.15) is 0 Å². The Morgan fingerprint density at radius 3 is 1.83 bits per heavy atom. The SMILES string of the molecule is C=CCCCCCCCCc1ccc(-c2ccc(Br)cc2)cc1. The molecule has 0 saturated carbocycles. The monoisotopic (exact) mass is 370 g/mol. The number of hydrogen-bond donors (Lipinski definition) is 0. The maximum absolute atomic E-state index is 3.77. The molecule has 0 atom stereocenters. The fourth-order valence-electron chi connectivity index (χ4n) is 2.83. The van der Waals surface area contributed by atoms with Crippen molar-refractivity contribution in [2.45, 2.75) is 51.4 Å². The van der Waals surface area contributed by atoms with Gasteiger partial charge in [0.2, 0.25) is 0 Å². The normalized spacial score (nSPS) is 10.7. The van der Waals surface area contributed by atoms with E-state index in [2.05, 4.69) is 71.0 Å². The van der Waals surface area contributed by atoms with E-state index < -0.39 is 0 Å². The van der Waals surface area contributed by atoms with Gasteiger partial charge in [-0.3, -0.25) is 0 Å². The Labute approximate surface area is 149 Å². The Hall–Kier alpha value is -1.34. The summed E-state index contributed by atoms with van der Waals surface area (Å²) in [6.07, 6.45) is 12.5. The van der Waals surface area contributed by atoms with Crippen LogP contribution in [0.2, 0.25) is 0 Å². The zero-order chi connectivity index (χ0) is 16.3. The Kier molecular flexibility index (Phi) is 8.17. The highest BCUT2D eigenvalue weighted by Crippen LogP contribution is 2.22. The van der Waals surface area contributed by atoms with Gasteiger partial charge < -0.3 is 0 Å². The summed E-state index contributed by atoms with van der Waals surface area (Å²) in [4.78, 5) is 0. The first-order chi connectivity index (χ1) is 11.3. The Balaban J connectivity index is 1.69. The summed E-state index contributed by atoms with van der Waals surface area (Å²) < 4.78 is 1.13. The average molecular weight is 371 g/mol. The van der Waals surface area contributed by atoms with Crippen LogP contribution in [0.15, 0.2) is 65.7 Å². The Bertz CT molecular complexity index is 566. The lowest BCUT2D eigenvalue weighted by Crippen LogP contribution is -1.87. The van der Waals surface area contributed by atoms with E-state index in [1.54, 1.807) is 0 Å². The van der Waals surface area contributed by atoms with Gasteiger partial charge in [-0.1, -0.05) is 84.1 Å². The summed E-state index contributed by atoms with van der Waals surface area (Å²) >= 11 is 3.48. The summed E-state index contributed by atoms with van der Waals surface area (Å²) in [6.45, 7) is 3.77. The molecule has 0 aliphatic rings. The molecular weight excluding hydrogens is 344 g/mol. The second kappa shape index (κ2) is 10.4. The van der Waals surface area contributed by atoms with Crippen LogP contribution in [0.1, 0.15) is 50.5 Å². The first-order valence-electron chi connectivity index (χ1n) is 8.75. The van der Waals surface area contributed by atoms with Crippen LogP contribution in [0.4, 0.5) is 0 Å². The predicted octanol–water partition coefficient (Wildman–Crippen LogP) is 7.58. The molecule has 0 spiro atoms. The van der Waals surface area contributed by atoms with Crippen molar-refractivity contribution in [2.75, 3.05) is 0 Å². The lowest BCUT2D eigenvalue weighted by atomic mass is 10.0. The van der Waals surface area contributed by atoms with Crippen LogP contribution in [0.3, 0.4) is 0 Å². The van der Waals surface area contributed by atoms with Crippen molar-refractivity contribution in [2.24, 2.45) is 0 Å². The van der Waals surface area contributed by atoms with Crippen LogP contribution in [0, 0.1) is 0 Å². The minimum atomic E-state index is 1.13. The number of allylic oxidation sites excluding steroid dienone is 1. The first kappa shape index (κ1) is 18.0. The fraction of sp³-hybridized carbons (Fsp3) is 0.364. The van der Waals surface area contributed by atoms with Crippen molar-refractivity contribution < 1.29 is 0 Å². The van der Waals surface area contributed by atoms with Gasteiger partial charge >= 0.3 is 0 Å². The van der Waals surface area contributed by atoms with Crippen molar-refractivity contribution in [1.82, 2.24) is 0 Å². The van der Waals surface area contributed by atoms with E-state index in [4.69, 9.17) is 0 Å². The molecule has 0 nitrogen and oxygen atoms in total. The average Bonchev–Trinajstić information content (AvgIpc) is 2.59. The number of rotatable bonds is 10. The van der Waals surface area contributed by atoms with Crippen molar-refractivity contribution in [1.29, 1.82) is 0 Å². The Morgan fingerprint density at radius 1 is 0.696 bits per heavy atom. The molecule has 0 fully saturated rings. The largest absolute Gasteiger partial charge is 0.103 e. The second-order valence-electron chi connectivity index (χ2n) is 6.15. The lowest BCUT2D eigenvalue weighted by Gasteiger charge is -2.05. The zero-order valence-electron chi connectivity index (χ0n) is 13.9. The van der Waals surface area contributed by atoms with Crippen LogP contribution < -0.4 is 0 Å². The van der Waals surface area contributed by atoms with Gasteiger partial charge in [0.1, 0.15) is 0 Å². The summed E-state index contributed by atoms with van der Waals surface area (Å²) in [5.41, 5.74) is 4.03. The summed E-state index contributed by atoms with van der Waals surface area (Å²) in [7, 11) is 0. The van der Waals surface area contributed by atoms with Gasteiger partial charge in [-0.05, 0) is 54.5 Å². The summed E-state index contributed by atoms with van der Waals surface area (Å²) in [5, 5.41) is 0. The van der Waals surface area contributed by atoms with Crippen LogP contribution in [0.5, 0.6) is 0 Å². The van der Waals surface area contributed by atoms with Gasteiger partial charge in [-0.15, -0.1) is 6.58 Å². The molecule has 23 heavy (non-hydrogen) atoms. The molecule has 2 aromatic carbocycles. The summed E-state index contributed by atoms with van der Waals surface area (Å²) in [6, 6.07) is 17.6. The standard InChI is InChI=1S/C22H27Br/c1-2-3-4-5-6-7-8-9-10-19-11-13-20(14-12-19)21-15-17-22(23)18-16-21/h2,11-18H,1,3-10H2. The number of hydrogen-bond acceptors (Lipinski definition) is 0. The Morgan fingerprint density at radius 2 is 1.22 bits per heavy atom. The van der Waals surface area contributed by atoms with Gasteiger partial charge in [0, 0.05) is 4.47 Å². The molecule has 0 heterocycles. The van der Waals surface area contributed by atoms with Crippen molar-refractivity contribution in [3.63, 3.8) is 0 Å². The van der Waals surface area contributed by atoms with Crippen molar-refractivity contribution >= 4 is 15.9 Å². The molecule has 0 aliphatic heterocycles. The van der Waals surface area contributed by atoms with Gasteiger partial charge in [0.15, 0.2) is 0 Å². The van der Waals surface area contributed by atoms with Crippen molar-refractivity contribution in [3.8, 4) is 11.1 Å². The van der Waals surface area contributed by atoms with E-state index in [1.807, 2.05) is 6.08 Å². The topological polar surface area (TPSA) is 0 Å². The second-order valence-corrected chi connectivity index (χ2v) is 7.07. The van der Waals surface area contributed by atoms with Crippen LogP contribution in [0.25, 0.3) is 11.1 Å². The van der Waals surface area contributed by atoms with Crippen LogP contribution in [-0.2, 0) is 6.42 Å². The van der Waals surface area contributed by atoms with Crippen LogP contribution >= 0.6 is 15.9 Å². The minimum Gasteiger partial charge on any atom is -0.103 e. The maximum Gasteiger partial charge on any atom is 0.0175 e. The highest BCUT2D eigenvalue weighted by atomic mass is 79.9. The number of unbranched alkanes of at least 4 members (excludes halogenated alkanes) is 6. The molecule has 0 unspecified atom stereocenters. The molecule has 0 saturated heterocycles. The van der Waals surface area contributed by atoms with Gasteiger partial charge in [-0.25, -0.2) is 0 Å². The van der Waals surface area contributed by atoms with E-state index in [1.165, 1.54) is 68.1 Å². The van der Waals surface area contributed by atoms with Crippen LogP contribution in [-0.4, -0.2) is 0 Å². The van der Waals surface area contributed by atoms with E-state index in [0.717, 1.165) is 4.47 Å². The highest BCUT2D eigenvalue weighted by molar-refractivity contribution is 9.10. The first-order valence-corrected chi connectivity index (χ1v) is 9.54. The smallest absolute Gasteiger partial charge is 0.0175 e. The van der Waals surface area contributed by atoms with E-state index in [0.29, 0.717) is 0 Å². The maximum atomic E-state index is 3.77. The number of aryl methyl sites for hydroxylation is 1. The third kappa shape index (κ3) is 6.74. The third-order valence-corrected chi connectivity index (χ3v) is 4.78. The molecule has 0 radical (unpaired) electrons. The lowest BCUT2D eigenvalue weighted by molar-refractivity contribution is 0.597.